The van der Waals surface area contributed by atoms with Crippen molar-refractivity contribution in [2.45, 2.75) is 39.7 Å². The summed E-state index contributed by atoms with van der Waals surface area (Å²) in [4.78, 5) is 12.9. The number of rotatable bonds is 4. The average molecular weight is 289 g/mol. The minimum atomic E-state index is -0.170. The van der Waals surface area contributed by atoms with E-state index < -0.39 is 0 Å². The predicted molar refractivity (Wildman–Crippen MR) is 81.1 cm³/mol. The van der Waals surface area contributed by atoms with E-state index in [1.807, 2.05) is 13.8 Å². The molecule has 0 radical (unpaired) electrons. The molecule has 106 valence electrons. The maximum atomic E-state index is 12.1. The maximum absolute atomic E-state index is 12.1. The fraction of sp³-hybridized carbons (Fsp3) is 0.400. The molecule has 1 aromatic carbocycles. The topological polar surface area (TPSA) is 54.9 Å². The first-order valence-electron chi connectivity index (χ1n) is 6.68. The standard InChI is InChI=1S/C15H19N3OS/c1-9(2)12-5-7-13(8-6-12)10(3)16-15(19)14-11(4)20-18-17-14/h5-10H,1-4H3,(H,16,19). The van der Waals surface area contributed by atoms with Gasteiger partial charge in [0.05, 0.1) is 10.9 Å². The van der Waals surface area contributed by atoms with E-state index in [1.54, 1.807) is 0 Å². The summed E-state index contributed by atoms with van der Waals surface area (Å²) in [6.45, 7) is 8.15. The van der Waals surface area contributed by atoms with Crippen LogP contribution in [0.15, 0.2) is 24.3 Å². The van der Waals surface area contributed by atoms with Crippen LogP contribution in [0.5, 0.6) is 0 Å². The van der Waals surface area contributed by atoms with Gasteiger partial charge in [0.15, 0.2) is 5.69 Å². The van der Waals surface area contributed by atoms with E-state index in [0.29, 0.717) is 11.6 Å². The minimum Gasteiger partial charge on any atom is -0.344 e. The van der Waals surface area contributed by atoms with Gasteiger partial charge in [-0.25, -0.2) is 0 Å². The third-order valence-electron chi connectivity index (χ3n) is 3.32. The number of aromatic nitrogens is 2. The molecule has 0 bridgehead atoms. The molecule has 2 aromatic rings. The van der Waals surface area contributed by atoms with Crippen LogP contribution in [-0.4, -0.2) is 15.5 Å². The number of nitrogens with zero attached hydrogens (tertiary/aromatic N) is 2. The largest absolute Gasteiger partial charge is 0.344 e. The SMILES string of the molecule is Cc1snnc1C(=O)NC(C)c1ccc(C(C)C)cc1. The Hall–Kier alpha value is -1.75. The van der Waals surface area contributed by atoms with Crippen molar-refractivity contribution in [2.75, 3.05) is 0 Å². The molecule has 1 amide bonds. The molecule has 0 spiro atoms. The van der Waals surface area contributed by atoms with Crippen LogP contribution in [0.3, 0.4) is 0 Å². The summed E-state index contributed by atoms with van der Waals surface area (Å²) in [6.07, 6.45) is 0. The number of aryl methyl sites for hydroxylation is 1. The van der Waals surface area contributed by atoms with Crippen LogP contribution in [0.1, 0.15) is 59.2 Å². The van der Waals surface area contributed by atoms with Crippen LogP contribution in [-0.2, 0) is 0 Å². The van der Waals surface area contributed by atoms with Gasteiger partial charge in [-0.2, -0.15) is 0 Å². The Bertz CT molecular complexity index is 589. The van der Waals surface area contributed by atoms with Crippen LogP contribution in [0.2, 0.25) is 0 Å². The quantitative estimate of drug-likeness (QED) is 0.937. The third-order valence-corrected chi connectivity index (χ3v) is 3.95. The molecule has 4 nitrogen and oxygen atoms in total. The molecule has 1 N–H and O–H groups in total. The number of nitrogens with one attached hydrogen (secondary N) is 1. The molecule has 20 heavy (non-hydrogen) atoms. The van der Waals surface area contributed by atoms with Crippen molar-refractivity contribution in [1.29, 1.82) is 0 Å². The first-order chi connectivity index (χ1) is 9.49. The van der Waals surface area contributed by atoms with E-state index in [4.69, 9.17) is 0 Å². The van der Waals surface area contributed by atoms with Crippen LogP contribution < -0.4 is 5.32 Å². The minimum absolute atomic E-state index is 0.0511. The van der Waals surface area contributed by atoms with Crippen LogP contribution in [0.4, 0.5) is 0 Å². The summed E-state index contributed by atoms with van der Waals surface area (Å²) in [5.74, 6) is 0.342. The Morgan fingerprint density at radius 2 is 1.75 bits per heavy atom. The van der Waals surface area contributed by atoms with Gasteiger partial charge >= 0.3 is 0 Å². The molecule has 1 unspecified atom stereocenters. The van der Waals surface area contributed by atoms with Crippen molar-refractivity contribution in [3.63, 3.8) is 0 Å². The smallest absolute Gasteiger partial charge is 0.273 e. The van der Waals surface area contributed by atoms with Gasteiger partial charge in [0, 0.05) is 0 Å². The van der Waals surface area contributed by atoms with Gasteiger partial charge in [-0.1, -0.05) is 42.6 Å². The van der Waals surface area contributed by atoms with E-state index >= 15 is 0 Å². The number of carbonyl (C=O) groups is 1. The lowest BCUT2D eigenvalue weighted by molar-refractivity contribution is 0.0934. The molecule has 0 aliphatic carbocycles. The van der Waals surface area contributed by atoms with Crippen molar-refractivity contribution in [2.24, 2.45) is 0 Å². The molecule has 0 fully saturated rings. The van der Waals surface area contributed by atoms with Gasteiger partial charge in [0.1, 0.15) is 0 Å². The average Bonchev–Trinajstić information content (AvgIpc) is 2.85. The lowest BCUT2D eigenvalue weighted by atomic mass is 9.99. The highest BCUT2D eigenvalue weighted by molar-refractivity contribution is 7.05. The highest BCUT2D eigenvalue weighted by Crippen LogP contribution is 2.19. The second-order valence-corrected chi connectivity index (χ2v) is 6.15. The van der Waals surface area contributed by atoms with Gasteiger partial charge < -0.3 is 5.32 Å². The lowest BCUT2D eigenvalue weighted by Crippen LogP contribution is -2.27. The van der Waals surface area contributed by atoms with Crippen molar-refractivity contribution >= 4 is 17.4 Å². The zero-order valence-corrected chi connectivity index (χ0v) is 13.0. The van der Waals surface area contributed by atoms with Gasteiger partial charge in [-0.3, -0.25) is 4.79 Å². The molecule has 1 heterocycles. The summed E-state index contributed by atoms with van der Waals surface area (Å²) >= 11 is 1.24. The number of amides is 1. The molecule has 0 aliphatic rings. The predicted octanol–water partition coefficient (Wildman–Crippen LogP) is 3.46. The second kappa shape index (κ2) is 6.13. The van der Waals surface area contributed by atoms with Gasteiger partial charge in [-0.05, 0) is 42.4 Å². The molecular weight excluding hydrogens is 270 g/mol. The lowest BCUT2D eigenvalue weighted by Gasteiger charge is -2.15. The van der Waals surface area contributed by atoms with E-state index in [0.717, 1.165) is 10.4 Å². The number of carbonyl (C=O) groups excluding carboxylic acids is 1. The zero-order valence-electron chi connectivity index (χ0n) is 12.2. The third kappa shape index (κ3) is 3.22. The molecular formula is C15H19N3OS. The monoisotopic (exact) mass is 289 g/mol. The zero-order chi connectivity index (χ0) is 14.7. The van der Waals surface area contributed by atoms with E-state index in [9.17, 15) is 4.79 Å². The van der Waals surface area contributed by atoms with Crippen molar-refractivity contribution in [3.05, 3.63) is 46.0 Å². The molecule has 1 aromatic heterocycles. The van der Waals surface area contributed by atoms with E-state index in [2.05, 4.69) is 53.0 Å². The molecule has 0 saturated heterocycles. The summed E-state index contributed by atoms with van der Waals surface area (Å²) in [5.41, 5.74) is 2.80. The van der Waals surface area contributed by atoms with Crippen molar-refractivity contribution in [1.82, 2.24) is 14.9 Å². The number of hydrogen-bond acceptors (Lipinski definition) is 4. The van der Waals surface area contributed by atoms with Crippen molar-refractivity contribution in [3.8, 4) is 0 Å². The summed E-state index contributed by atoms with van der Waals surface area (Å²) in [6, 6.07) is 8.29. The fourth-order valence-electron chi connectivity index (χ4n) is 1.96. The van der Waals surface area contributed by atoms with E-state index in [1.165, 1.54) is 17.1 Å². The van der Waals surface area contributed by atoms with Gasteiger partial charge in [-0.15, -0.1) is 5.10 Å². The van der Waals surface area contributed by atoms with Gasteiger partial charge in [0.25, 0.3) is 5.91 Å². The molecule has 2 rings (SSSR count). The van der Waals surface area contributed by atoms with Crippen LogP contribution in [0.25, 0.3) is 0 Å². The first kappa shape index (κ1) is 14.7. The Balaban J connectivity index is 2.06. The first-order valence-corrected chi connectivity index (χ1v) is 7.46. The Labute approximate surface area is 123 Å². The molecule has 1 atom stereocenters. The Morgan fingerprint density at radius 1 is 1.15 bits per heavy atom. The van der Waals surface area contributed by atoms with Crippen LogP contribution >= 0.6 is 11.5 Å². The fourth-order valence-corrected chi connectivity index (χ4v) is 2.42. The summed E-state index contributed by atoms with van der Waals surface area (Å²) in [5, 5.41) is 6.81. The Kier molecular flexibility index (Phi) is 4.49. The molecule has 0 saturated carbocycles. The summed E-state index contributed by atoms with van der Waals surface area (Å²) in [7, 11) is 0. The maximum Gasteiger partial charge on any atom is 0.273 e. The van der Waals surface area contributed by atoms with Crippen LogP contribution in [0, 0.1) is 6.92 Å². The number of hydrogen-bond donors (Lipinski definition) is 1. The van der Waals surface area contributed by atoms with Crippen molar-refractivity contribution < 1.29 is 4.79 Å². The normalized spacial score (nSPS) is 12.4. The van der Waals surface area contributed by atoms with Gasteiger partial charge in [0.2, 0.25) is 0 Å². The highest BCUT2D eigenvalue weighted by Gasteiger charge is 2.16. The Morgan fingerprint density at radius 3 is 2.25 bits per heavy atom. The number of benzene rings is 1. The van der Waals surface area contributed by atoms with E-state index in [-0.39, 0.29) is 11.9 Å². The highest BCUT2D eigenvalue weighted by atomic mass is 32.1. The summed E-state index contributed by atoms with van der Waals surface area (Å²) < 4.78 is 3.78. The molecule has 5 heteroatoms. The second-order valence-electron chi connectivity index (χ2n) is 5.19. The molecule has 0 aliphatic heterocycles.